The molecule has 140 valence electrons. The average molecular weight is 395 g/mol. The van der Waals surface area contributed by atoms with Gasteiger partial charge in [-0.2, -0.15) is 0 Å². The summed E-state index contributed by atoms with van der Waals surface area (Å²) in [5, 5.41) is 0. The summed E-state index contributed by atoms with van der Waals surface area (Å²) in [6, 6.07) is 8.85. The Morgan fingerprint density at radius 2 is 1.85 bits per heavy atom. The molecule has 0 N–H and O–H groups in total. The lowest BCUT2D eigenvalue weighted by atomic mass is 9.82. The van der Waals surface area contributed by atoms with E-state index in [1.54, 1.807) is 37.3 Å². The Kier molecular flexibility index (Phi) is 6.70. The fraction of sp³-hybridized carbons (Fsp3) is 0.429. The Bertz CT molecular complexity index is 722. The third-order valence-electron chi connectivity index (χ3n) is 5.40. The number of esters is 1. The molecule has 5 heteroatoms. The normalized spacial score (nSPS) is 27.2. The Morgan fingerprint density at radius 3 is 2.35 bits per heavy atom. The second-order valence-corrected chi connectivity index (χ2v) is 7.45. The van der Waals surface area contributed by atoms with Crippen LogP contribution in [0.15, 0.2) is 53.1 Å². The van der Waals surface area contributed by atoms with E-state index < -0.39 is 22.7 Å². The van der Waals surface area contributed by atoms with Crippen LogP contribution < -0.4 is 0 Å². The summed E-state index contributed by atoms with van der Waals surface area (Å²) in [4.78, 5) is 26.6. The van der Waals surface area contributed by atoms with Gasteiger partial charge in [0, 0.05) is 16.9 Å². The van der Waals surface area contributed by atoms with E-state index in [9.17, 15) is 9.59 Å². The van der Waals surface area contributed by atoms with E-state index in [1.165, 1.54) is 0 Å². The van der Waals surface area contributed by atoms with E-state index >= 15 is 0 Å². The molecule has 3 unspecified atom stereocenters. The standard InChI is InChI=1S/C21H24Cl2O3/c1-4-7-13-20(5-2)16(14-17(22)23)21(20,19(25)26-6-3)18(24)15-11-9-8-10-12-15/h4,7-12,14,16H,5-6,13H2,1-3H3/b7-4-. The van der Waals surface area contributed by atoms with Crippen molar-refractivity contribution in [3.63, 3.8) is 0 Å². The monoisotopic (exact) mass is 394 g/mol. The summed E-state index contributed by atoms with van der Waals surface area (Å²) >= 11 is 11.9. The van der Waals surface area contributed by atoms with Crippen LogP contribution in [0, 0.1) is 16.7 Å². The maximum atomic E-state index is 13.5. The van der Waals surface area contributed by atoms with Gasteiger partial charge >= 0.3 is 5.97 Å². The second kappa shape index (κ2) is 8.41. The van der Waals surface area contributed by atoms with E-state index in [4.69, 9.17) is 27.9 Å². The number of hydrogen-bond donors (Lipinski definition) is 0. The molecular formula is C21H24Cl2O3. The zero-order chi connectivity index (χ0) is 19.4. The molecular weight excluding hydrogens is 371 g/mol. The number of ether oxygens (including phenoxy) is 1. The van der Waals surface area contributed by atoms with E-state index in [0.717, 1.165) is 0 Å². The van der Waals surface area contributed by atoms with Gasteiger partial charge in [0.25, 0.3) is 0 Å². The van der Waals surface area contributed by atoms with Crippen molar-refractivity contribution >= 4 is 35.0 Å². The Hall–Kier alpha value is -1.58. The number of benzene rings is 1. The highest BCUT2D eigenvalue weighted by molar-refractivity contribution is 6.55. The van der Waals surface area contributed by atoms with Crippen LogP contribution in [-0.4, -0.2) is 18.4 Å². The molecule has 1 aliphatic carbocycles. The molecule has 3 nitrogen and oxygen atoms in total. The van der Waals surface area contributed by atoms with Crippen LogP contribution in [0.2, 0.25) is 0 Å². The van der Waals surface area contributed by atoms with Crippen LogP contribution in [0.1, 0.15) is 44.0 Å². The van der Waals surface area contributed by atoms with Crippen molar-refractivity contribution in [3.8, 4) is 0 Å². The number of carbonyl (C=O) groups is 2. The zero-order valence-electron chi connectivity index (χ0n) is 15.3. The topological polar surface area (TPSA) is 43.4 Å². The molecule has 2 rings (SSSR count). The SMILES string of the molecule is C/C=C\CC1(CC)C(C=C(Cl)Cl)C1(C(=O)OCC)C(=O)c1ccccc1. The van der Waals surface area contributed by atoms with Gasteiger partial charge in [-0.3, -0.25) is 9.59 Å². The molecule has 0 aromatic heterocycles. The van der Waals surface area contributed by atoms with Crippen LogP contribution in [0.3, 0.4) is 0 Å². The molecule has 0 bridgehead atoms. The third-order valence-corrected chi connectivity index (χ3v) is 5.65. The smallest absolute Gasteiger partial charge is 0.321 e. The number of rotatable bonds is 8. The molecule has 1 saturated carbocycles. The third kappa shape index (κ3) is 3.23. The minimum atomic E-state index is -1.31. The zero-order valence-corrected chi connectivity index (χ0v) is 16.8. The van der Waals surface area contributed by atoms with Crippen molar-refractivity contribution < 1.29 is 14.3 Å². The largest absolute Gasteiger partial charge is 0.465 e. The summed E-state index contributed by atoms with van der Waals surface area (Å²) in [6.07, 6.45) is 6.71. The minimum Gasteiger partial charge on any atom is -0.465 e. The highest BCUT2D eigenvalue weighted by Gasteiger charge is 2.82. The summed E-state index contributed by atoms with van der Waals surface area (Å²) in [7, 11) is 0. The summed E-state index contributed by atoms with van der Waals surface area (Å²) < 4.78 is 5.42. The quantitative estimate of drug-likeness (QED) is 0.244. The molecule has 1 fully saturated rings. The predicted molar refractivity (Wildman–Crippen MR) is 105 cm³/mol. The van der Waals surface area contributed by atoms with Crippen LogP contribution in [0.25, 0.3) is 0 Å². The minimum absolute atomic E-state index is 0.0559. The molecule has 26 heavy (non-hydrogen) atoms. The number of allylic oxidation sites excluding steroid dienone is 3. The first kappa shape index (κ1) is 20.7. The first-order chi connectivity index (χ1) is 12.4. The van der Waals surface area contributed by atoms with Crippen molar-refractivity contribution in [2.24, 2.45) is 16.7 Å². The molecule has 1 aliphatic rings. The highest BCUT2D eigenvalue weighted by atomic mass is 35.5. The Balaban J connectivity index is 2.66. The molecule has 0 heterocycles. The summed E-state index contributed by atoms with van der Waals surface area (Å²) in [5.41, 5.74) is -1.43. The molecule has 0 spiro atoms. The van der Waals surface area contributed by atoms with Crippen LogP contribution in [-0.2, 0) is 9.53 Å². The molecule has 0 amide bonds. The number of ketones is 1. The lowest BCUT2D eigenvalue weighted by Crippen LogP contribution is -2.34. The number of hydrogen-bond acceptors (Lipinski definition) is 3. The summed E-state index contributed by atoms with van der Waals surface area (Å²) in [5.74, 6) is -1.15. The van der Waals surface area contributed by atoms with Gasteiger partial charge in [-0.05, 0) is 32.8 Å². The molecule has 1 aromatic carbocycles. The molecule has 0 saturated heterocycles. The lowest BCUT2D eigenvalue weighted by molar-refractivity contribution is -0.149. The van der Waals surface area contributed by atoms with Gasteiger partial charge in [-0.1, -0.05) is 72.6 Å². The summed E-state index contributed by atoms with van der Waals surface area (Å²) in [6.45, 7) is 5.83. The highest BCUT2D eigenvalue weighted by Crippen LogP contribution is 2.75. The van der Waals surface area contributed by atoms with Gasteiger partial charge in [0.05, 0.1) is 6.61 Å². The molecule has 3 atom stereocenters. The van der Waals surface area contributed by atoms with Crippen molar-refractivity contribution in [3.05, 3.63) is 58.6 Å². The van der Waals surface area contributed by atoms with E-state index in [-0.39, 0.29) is 16.9 Å². The van der Waals surface area contributed by atoms with Crippen molar-refractivity contribution in [2.75, 3.05) is 6.61 Å². The molecule has 0 radical (unpaired) electrons. The number of halogens is 2. The fourth-order valence-corrected chi connectivity index (χ4v) is 4.40. The van der Waals surface area contributed by atoms with Crippen LogP contribution >= 0.6 is 23.2 Å². The maximum Gasteiger partial charge on any atom is 0.321 e. The fourth-order valence-electron chi connectivity index (χ4n) is 4.15. The average Bonchev–Trinajstić information content (AvgIpc) is 3.21. The first-order valence-corrected chi connectivity index (χ1v) is 9.59. The molecule has 1 aromatic rings. The van der Waals surface area contributed by atoms with Gasteiger partial charge in [-0.25, -0.2) is 0 Å². The van der Waals surface area contributed by atoms with E-state index in [0.29, 0.717) is 18.4 Å². The van der Waals surface area contributed by atoms with Crippen LogP contribution in [0.4, 0.5) is 0 Å². The van der Waals surface area contributed by atoms with Crippen molar-refractivity contribution in [1.82, 2.24) is 0 Å². The van der Waals surface area contributed by atoms with Gasteiger partial charge in [0.1, 0.15) is 9.91 Å². The van der Waals surface area contributed by atoms with Crippen LogP contribution in [0.5, 0.6) is 0 Å². The lowest BCUT2D eigenvalue weighted by Gasteiger charge is -2.21. The first-order valence-electron chi connectivity index (χ1n) is 8.83. The number of carbonyl (C=O) groups excluding carboxylic acids is 2. The van der Waals surface area contributed by atoms with Gasteiger partial charge < -0.3 is 4.74 Å². The van der Waals surface area contributed by atoms with E-state index in [2.05, 4.69) is 0 Å². The van der Waals surface area contributed by atoms with Gasteiger partial charge in [0.15, 0.2) is 5.78 Å². The molecule has 0 aliphatic heterocycles. The van der Waals surface area contributed by atoms with E-state index in [1.807, 2.05) is 32.1 Å². The second-order valence-electron chi connectivity index (χ2n) is 6.44. The predicted octanol–water partition coefficient (Wildman–Crippen LogP) is 5.73. The van der Waals surface area contributed by atoms with Crippen molar-refractivity contribution in [2.45, 2.75) is 33.6 Å². The Labute approximate surface area is 165 Å². The van der Waals surface area contributed by atoms with Crippen molar-refractivity contribution in [1.29, 1.82) is 0 Å². The van der Waals surface area contributed by atoms with Gasteiger partial charge in [-0.15, -0.1) is 0 Å². The maximum absolute atomic E-state index is 13.5. The van der Waals surface area contributed by atoms with Gasteiger partial charge in [0.2, 0.25) is 0 Å². The number of Topliss-reactive ketones (excluding diaryl/α,β-unsaturated/α-hetero) is 1. The Morgan fingerprint density at radius 1 is 1.19 bits per heavy atom.